The minimum Gasteiger partial charge on any atom is -0.156 e. The molecule has 1 aromatic carbocycles. The third kappa shape index (κ3) is 4.48. The van der Waals surface area contributed by atoms with Crippen LogP contribution in [0.1, 0.15) is 31.9 Å². The molecular weight excluding hydrogens is 224 g/mol. The molecule has 0 spiro atoms. The molecule has 0 saturated heterocycles. The van der Waals surface area contributed by atoms with E-state index in [4.69, 9.17) is 11.6 Å². The second-order valence-corrected chi connectivity index (χ2v) is 6.17. The van der Waals surface area contributed by atoms with Gasteiger partial charge in [0.25, 0.3) is 0 Å². The molecule has 15 heavy (non-hydrogen) atoms. The summed E-state index contributed by atoms with van der Waals surface area (Å²) in [6.45, 7) is 6.72. The van der Waals surface area contributed by atoms with Crippen LogP contribution >= 0.6 is 23.4 Å². The molecule has 0 N–H and O–H groups in total. The standard InChI is InChI=1S/C13H19ClS/c1-13(2,3)12-6-4-11(5-7-12)10-15-9-8-14/h4-7H,8-10H2,1-3H3. The highest BCUT2D eigenvalue weighted by atomic mass is 35.5. The highest BCUT2D eigenvalue weighted by Gasteiger charge is 2.12. The molecule has 1 rings (SSSR count). The molecule has 2 heteroatoms. The second kappa shape index (κ2) is 5.81. The first-order valence-electron chi connectivity index (χ1n) is 5.27. The largest absolute Gasteiger partial charge is 0.156 e. The summed E-state index contributed by atoms with van der Waals surface area (Å²) in [6.07, 6.45) is 0. The molecule has 0 radical (unpaired) electrons. The van der Waals surface area contributed by atoms with Crippen LogP contribution in [0, 0.1) is 0 Å². The molecule has 0 aromatic heterocycles. The fourth-order valence-corrected chi connectivity index (χ4v) is 2.35. The Labute approximate surface area is 102 Å². The maximum Gasteiger partial charge on any atom is 0.0314 e. The molecule has 84 valence electrons. The van der Waals surface area contributed by atoms with Gasteiger partial charge in [0.2, 0.25) is 0 Å². The molecule has 0 aliphatic heterocycles. The number of benzene rings is 1. The maximum absolute atomic E-state index is 5.63. The smallest absolute Gasteiger partial charge is 0.0314 e. The zero-order valence-electron chi connectivity index (χ0n) is 9.72. The first-order chi connectivity index (χ1) is 7.04. The Morgan fingerprint density at radius 2 is 1.73 bits per heavy atom. The van der Waals surface area contributed by atoms with Crippen molar-refractivity contribution in [3.05, 3.63) is 35.4 Å². The van der Waals surface area contributed by atoms with Gasteiger partial charge < -0.3 is 0 Å². The SMILES string of the molecule is CC(C)(C)c1ccc(CSCCCl)cc1. The van der Waals surface area contributed by atoms with Crippen molar-refractivity contribution in [1.29, 1.82) is 0 Å². The molecule has 0 saturated carbocycles. The van der Waals surface area contributed by atoms with Gasteiger partial charge in [-0.2, -0.15) is 11.8 Å². The van der Waals surface area contributed by atoms with Gasteiger partial charge in [-0.1, -0.05) is 45.0 Å². The average molecular weight is 243 g/mol. The van der Waals surface area contributed by atoms with Crippen LogP contribution in [0.5, 0.6) is 0 Å². The lowest BCUT2D eigenvalue weighted by Gasteiger charge is -2.19. The van der Waals surface area contributed by atoms with Crippen molar-refractivity contribution in [3.63, 3.8) is 0 Å². The maximum atomic E-state index is 5.63. The predicted molar refractivity (Wildman–Crippen MR) is 72.0 cm³/mol. The number of hydrogen-bond acceptors (Lipinski definition) is 1. The molecule has 0 amide bonds. The van der Waals surface area contributed by atoms with Crippen LogP contribution in [-0.2, 0) is 11.2 Å². The third-order valence-corrected chi connectivity index (χ3v) is 3.75. The summed E-state index contributed by atoms with van der Waals surface area (Å²) < 4.78 is 0. The van der Waals surface area contributed by atoms with Gasteiger partial charge in [0.05, 0.1) is 0 Å². The van der Waals surface area contributed by atoms with Gasteiger partial charge in [-0.3, -0.25) is 0 Å². The Kier molecular flexibility index (Phi) is 5.01. The number of halogens is 1. The molecule has 0 bridgehead atoms. The lowest BCUT2D eigenvalue weighted by Crippen LogP contribution is -2.10. The summed E-state index contributed by atoms with van der Waals surface area (Å²) in [6, 6.07) is 8.91. The fourth-order valence-electron chi connectivity index (χ4n) is 1.35. The summed E-state index contributed by atoms with van der Waals surface area (Å²) in [7, 11) is 0. The topological polar surface area (TPSA) is 0 Å². The van der Waals surface area contributed by atoms with Crippen LogP contribution in [0.2, 0.25) is 0 Å². The van der Waals surface area contributed by atoms with Crippen molar-refractivity contribution in [2.24, 2.45) is 0 Å². The summed E-state index contributed by atoms with van der Waals surface area (Å²) >= 11 is 7.52. The Morgan fingerprint density at radius 3 is 2.20 bits per heavy atom. The van der Waals surface area contributed by atoms with Crippen molar-refractivity contribution >= 4 is 23.4 Å². The molecule has 1 aromatic rings. The van der Waals surface area contributed by atoms with Gasteiger partial charge in [-0.05, 0) is 16.5 Å². The summed E-state index contributed by atoms with van der Waals surface area (Å²) in [5.74, 6) is 2.84. The molecule has 0 nitrogen and oxygen atoms in total. The zero-order valence-corrected chi connectivity index (χ0v) is 11.3. The van der Waals surface area contributed by atoms with Gasteiger partial charge in [0.1, 0.15) is 0 Å². The van der Waals surface area contributed by atoms with E-state index < -0.39 is 0 Å². The molecule has 0 atom stereocenters. The fraction of sp³-hybridized carbons (Fsp3) is 0.538. The number of thioether (sulfide) groups is 1. The van der Waals surface area contributed by atoms with Crippen LogP contribution in [0.15, 0.2) is 24.3 Å². The van der Waals surface area contributed by atoms with E-state index in [1.807, 2.05) is 11.8 Å². The zero-order chi connectivity index (χ0) is 11.3. The normalized spacial score (nSPS) is 11.7. The molecule has 0 unspecified atom stereocenters. The van der Waals surface area contributed by atoms with Gasteiger partial charge >= 0.3 is 0 Å². The van der Waals surface area contributed by atoms with Gasteiger partial charge in [0, 0.05) is 17.4 Å². The lowest BCUT2D eigenvalue weighted by molar-refractivity contribution is 0.590. The van der Waals surface area contributed by atoms with Gasteiger partial charge in [0.15, 0.2) is 0 Å². The van der Waals surface area contributed by atoms with Gasteiger partial charge in [-0.15, -0.1) is 11.6 Å². The predicted octanol–water partition coefficient (Wildman–Crippen LogP) is 4.46. The van der Waals surface area contributed by atoms with Crippen molar-refractivity contribution in [2.75, 3.05) is 11.6 Å². The average Bonchev–Trinajstić information content (AvgIpc) is 2.18. The van der Waals surface area contributed by atoms with E-state index in [9.17, 15) is 0 Å². The Balaban J connectivity index is 2.57. The molecule has 0 aliphatic rings. The minimum atomic E-state index is 0.252. The van der Waals surface area contributed by atoms with Gasteiger partial charge in [-0.25, -0.2) is 0 Å². The molecule has 0 fully saturated rings. The molecule has 0 aliphatic carbocycles. The summed E-state index contributed by atoms with van der Waals surface area (Å²) in [5, 5.41) is 0. The molecular formula is C13H19ClS. The monoisotopic (exact) mass is 242 g/mol. The van der Waals surface area contributed by atoms with Crippen LogP contribution in [0.25, 0.3) is 0 Å². The van der Waals surface area contributed by atoms with E-state index in [1.54, 1.807) is 0 Å². The van der Waals surface area contributed by atoms with E-state index in [-0.39, 0.29) is 5.41 Å². The Bertz CT molecular complexity index is 284. The third-order valence-electron chi connectivity index (χ3n) is 2.31. The second-order valence-electron chi connectivity index (χ2n) is 4.69. The van der Waals surface area contributed by atoms with E-state index in [1.165, 1.54) is 11.1 Å². The van der Waals surface area contributed by atoms with E-state index in [2.05, 4.69) is 45.0 Å². The highest BCUT2D eigenvalue weighted by molar-refractivity contribution is 7.98. The van der Waals surface area contributed by atoms with E-state index in [0.29, 0.717) is 0 Å². The van der Waals surface area contributed by atoms with Crippen LogP contribution in [-0.4, -0.2) is 11.6 Å². The number of hydrogen-bond donors (Lipinski definition) is 0. The minimum absolute atomic E-state index is 0.252. The summed E-state index contributed by atoms with van der Waals surface area (Å²) in [4.78, 5) is 0. The van der Waals surface area contributed by atoms with Crippen LogP contribution < -0.4 is 0 Å². The Morgan fingerprint density at radius 1 is 1.13 bits per heavy atom. The summed E-state index contributed by atoms with van der Waals surface area (Å²) in [5.41, 5.74) is 3.04. The first kappa shape index (κ1) is 12.9. The van der Waals surface area contributed by atoms with Crippen LogP contribution in [0.4, 0.5) is 0 Å². The quantitative estimate of drug-likeness (QED) is 0.555. The number of rotatable bonds is 4. The van der Waals surface area contributed by atoms with E-state index >= 15 is 0 Å². The van der Waals surface area contributed by atoms with Crippen molar-refractivity contribution in [3.8, 4) is 0 Å². The van der Waals surface area contributed by atoms with Crippen LogP contribution in [0.3, 0.4) is 0 Å². The Hall–Kier alpha value is -0.140. The van der Waals surface area contributed by atoms with E-state index in [0.717, 1.165) is 17.4 Å². The van der Waals surface area contributed by atoms with Crippen molar-refractivity contribution in [1.82, 2.24) is 0 Å². The highest BCUT2D eigenvalue weighted by Crippen LogP contribution is 2.23. The van der Waals surface area contributed by atoms with Crippen molar-refractivity contribution < 1.29 is 0 Å². The molecule has 0 heterocycles. The number of alkyl halides is 1. The first-order valence-corrected chi connectivity index (χ1v) is 6.96. The lowest BCUT2D eigenvalue weighted by atomic mass is 9.87. The van der Waals surface area contributed by atoms with Crippen molar-refractivity contribution in [2.45, 2.75) is 31.9 Å².